The van der Waals surface area contributed by atoms with Gasteiger partial charge >= 0.3 is 5.97 Å². The highest BCUT2D eigenvalue weighted by Gasteiger charge is 2.47. The summed E-state index contributed by atoms with van der Waals surface area (Å²) in [4.78, 5) is 36.1. The first-order valence-corrected chi connectivity index (χ1v) is 12.2. The van der Waals surface area contributed by atoms with Crippen molar-refractivity contribution in [2.45, 2.75) is 70.5 Å². The maximum atomic E-state index is 12.2. The molecule has 1 aliphatic heterocycles. The molecule has 194 valence electrons. The number of aliphatic hydroxyl groups is 2. The van der Waals surface area contributed by atoms with Crippen molar-refractivity contribution in [3.8, 4) is 11.8 Å². The van der Waals surface area contributed by atoms with Gasteiger partial charge in [0.05, 0.1) is 12.9 Å². The first-order valence-electron chi connectivity index (χ1n) is 12.2. The lowest BCUT2D eigenvalue weighted by Gasteiger charge is -2.26. The number of imidazole rings is 1. The summed E-state index contributed by atoms with van der Waals surface area (Å²) in [6, 6.07) is 0. The van der Waals surface area contributed by atoms with E-state index in [1.807, 2.05) is 0 Å². The van der Waals surface area contributed by atoms with E-state index in [2.05, 4.69) is 32.1 Å². The summed E-state index contributed by atoms with van der Waals surface area (Å²) in [7, 11) is 0. The fourth-order valence-electron chi connectivity index (χ4n) is 4.67. The molecule has 2 aromatic rings. The van der Waals surface area contributed by atoms with Gasteiger partial charge in [0.1, 0.15) is 17.7 Å². The Labute approximate surface area is 208 Å². The van der Waals surface area contributed by atoms with Crippen LogP contribution in [0.3, 0.4) is 0 Å². The van der Waals surface area contributed by atoms with Crippen molar-refractivity contribution < 1.29 is 29.3 Å². The highest BCUT2D eigenvalue weighted by Crippen LogP contribution is 2.33. The molecule has 2 fully saturated rings. The van der Waals surface area contributed by atoms with E-state index >= 15 is 0 Å². The van der Waals surface area contributed by atoms with Crippen LogP contribution in [0.4, 0.5) is 5.82 Å². The molecule has 36 heavy (non-hydrogen) atoms. The molecular formula is C24H32N6O6. The summed E-state index contributed by atoms with van der Waals surface area (Å²) in [5, 5.41) is 23.5. The zero-order chi connectivity index (χ0) is 25.8. The first kappa shape index (κ1) is 25.8. The largest absolute Gasteiger partial charge is 0.466 e. The zero-order valence-corrected chi connectivity index (χ0v) is 20.4. The molecule has 0 aromatic carbocycles. The highest BCUT2D eigenvalue weighted by molar-refractivity contribution is 5.83. The van der Waals surface area contributed by atoms with Gasteiger partial charge in [-0.2, -0.15) is 0 Å². The van der Waals surface area contributed by atoms with Crippen molar-refractivity contribution >= 4 is 28.9 Å². The number of carbonyl (C=O) groups is 2. The number of aliphatic hydroxyl groups excluding tert-OH is 2. The maximum absolute atomic E-state index is 12.2. The van der Waals surface area contributed by atoms with E-state index in [-0.39, 0.29) is 23.3 Å². The number of anilines is 1. The molecule has 5 N–H and O–H groups in total. The molecule has 4 rings (SSSR count). The van der Waals surface area contributed by atoms with Crippen molar-refractivity contribution in [1.29, 1.82) is 0 Å². The van der Waals surface area contributed by atoms with Gasteiger partial charge in [-0.3, -0.25) is 14.2 Å². The molecule has 0 bridgehead atoms. The third kappa shape index (κ3) is 5.59. The molecule has 0 radical (unpaired) electrons. The summed E-state index contributed by atoms with van der Waals surface area (Å²) in [5.74, 6) is 6.54. The fraction of sp³-hybridized carbons (Fsp3) is 0.625. The van der Waals surface area contributed by atoms with E-state index in [4.69, 9.17) is 15.2 Å². The number of nitrogen functional groups attached to an aromatic ring is 1. The molecule has 3 heterocycles. The number of carbonyl (C=O) groups excluding carboxylic acids is 2. The van der Waals surface area contributed by atoms with Gasteiger partial charge in [-0.05, 0) is 50.4 Å². The minimum absolute atomic E-state index is 0.127. The second-order valence-corrected chi connectivity index (χ2v) is 9.27. The van der Waals surface area contributed by atoms with Gasteiger partial charge in [0, 0.05) is 19.9 Å². The minimum atomic E-state index is -1.42. The second kappa shape index (κ2) is 11.2. The highest BCUT2D eigenvalue weighted by atomic mass is 16.6. The Bertz CT molecular complexity index is 1170. The summed E-state index contributed by atoms with van der Waals surface area (Å²) in [5.41, 5.74) is 6.67. The maximum Gasteiger partial charge on any atom is 0.302 e. The predicted molar refractivity (Wildman–Crippen MR) is 128 cm³/mol. The smallest absolute Gasteiger partial charge is 0.302 e. The summed E-state index contributed by atoms with van der Waals surface area (Å²) in [6.45, 7) is 4.02. The van der Waals surface area contributed by atoms with Crippen molar-refractivity contribution in [3.63, 3.8) is 0 Å². The number of amides is 1. The normalized spacial score (nSPS) is 27.9. The predicted octanol–water partition coefficient (Wildman–Crippen LogP) is 0.275. The third-order valence-electron chi connectivity index (χ3n) is 6.65. The SMILES string of the molecule is CCNC(=O)[C@H]1O[C@@H](n2cnc3c(N)nc(C#CCC4CCC(COC(C)=O)CC4)nc32)C(O)C1O. The average Bonchev–Trinajstić information content (AvgIpc) is 3.40. The third-order valence-corrected chi connectivity index (χ3v) is 6.65. The van der Waals surface area contributed by atoms with Crippen LogP contribution in [0.15, 0.2) is 6.33 Å². The number of hydrogen-bond donors (Lipinski definition) is 4. The number of hydrogen-bond acceptors (Lipinski definition) is 10. The van der Waals surface area contributed by atoms with Crippen LogP contribution in [-0.4, -0.2) is 73.1 Å². The van der Waals surface area contributed by atoms with Crippen LogP contribution in [0.5, 0.6) is 0 Å². The Hall–Kier alpha value is -3.27. The summed E-state index contributed by atoms with van der Waals surface area (Å²) < 4.78 is 12.2. The van der Waals surface area contributed by atoms with Crippen LogP contribution < -0.4 is 11.1 Å². The molecule has 2 aromatic heterocycles. The number of ether oxygens (including phenoxy) is 2. The van der Waals surface area contributed by atoms with Crippen LogP contribution in [0.1, 0.15) is 58.0 Å². The Morgan fingerprint density at radius 3 is 2.64 bits per heavy atom. The molecule has 2 unspecified atom stereocenters. The van der Waals surface area contributed by atoms with Gasteiger partial charge in [-0.25, -0.2) is 15.0 Å². The number of rotatable bonds is 6. The number of nitrogens with one attached hydrogen (secondary N) is 1. The first-order chi connectivity index (χ1) is 17.3. The van der Waals surface area contributed by atoms with Crippen molar-refractivity contribution in [1.82, 2.24) is 24.8 Å². The Balaban J connectivity index is 1.45. The Morgan fingerprint density at radius 2 is 1.94 bits per heavy atom. The van der Waals surface area contributed by atoms with Gasteiger partial charge in [-0.1, -0.05) is 5.92 Å². The minimum Gasteiger partial charge on any atom is -0.466 e. The molecule has 2 aliphatic rings. The molecule has 12 heteroatoms. The standard InChI is InChI=1S/C24H32N6O6/c1-3-26-23(34)20-18(32)19(33)24(36-20)30-12-27-17-21(25)28-16(29-22(17)30)6-4-5-14-7-9-15(10-8-14)11-35-13(2)31/h12,14-15,18-20,24,32-33H,3,5,7-11H2,1-2H3,(H,26,34)(H2,25,28,29)/t14?,15?,18?,19?,20-,24+/m0/s1. The monoisotopic (exact) mass is 500 g/mol. The van der Waals surface area contributed by atoms with Crippen molar-refractivity contribution in [2.75, 3.05) is 18.9 Å². The molecule has 12 nitrogen and oxygen atoms in total. The lowest BCUT2D eigenvalue weighted by Crippen LogP contribution is -2.42. The number of aromatic nitrogens is 4. The molecule has 1 aliphatic carbocycles. The van der Waals surface area contributed by atoms with Gasteiger partial charge in [0.2, 0.25) is 5.82 Å². The van der Waals surface area contributed by atoms with E-state index < -0.39 is 30.4 Å². The van der Waals surface area contributed by atoms with Crippen molar-refractivity contribution in [3.05, 3.63) is 12.2 Å². The van der Waals surface area contributed by atoms with Crippen LogP contribution in [-0.2, 0) is 19.1 Å². The second-order valence-electron chi connectivity index (χ2n) is 9.27. The van der Waals surface area contributed by atoms with Gasteiger partial charge in [0.25, 0.3) is 5.91 Å². The Morgan fingerprint density at radius 1 is 1.22 bits per heavy atom. The van der Waals surface area contributed by atoms with Gasteiger partial charge in [-0.15, -0.1) is 0 Å². The van der Waals surface area contributed by atoms with Crippen molar-refractivity contribution in [2.24, 2.45) is 11.8 Å². The van der Waals surface area contributed by atoms with Gasteiger partial charge in [0.15, 0.2) is 23.8 Å². The number of nitrogens with zero attached hydrogens (tertiary/aromatic N) is 4. The lowest BCUT2D eigenvalue weighted by molar-refractivity contribution is -0.142. The average molecular weight is 501 g/mol. The van der Waals surface area contributed by atoms with Crippen LogP contribution in [0, 0.1) is 23.7 Å². The number of nitrogens with two attached hydrogens (primary N) is 1. The number of likely N-dealkylation sites (N-methyl/N-ethyl adjacent to an activating group) is 1. The Kier molecular flexibility index (Phi) is 8.03. The number of fused-ring (bicyclic) bond motifs is 1. The molecule has 1 amide bonds. The van der Waals surface area contributed by atoms with Crippen LogP contribution in [0.2, 0.25) is 0 Å². The molecule has 0 spiro atoms. The van der Waals surface area contributed by atoms with E-state index in [0.29, 0.717) is 36.9 Å². The molecular weight excluding hydrogens is 468 g/mol. The van der Waals surface area contributed by atoms with Crippen LogP contribution in [0.25, 0.3) is 11.2 Å². The molecule has 1 saturated heterocycles. The zero-order valence-electron chi connectivity index (χ0n) is 20.4. The molecule has 4 atom stereocenters. The quantitative estimate of drug-likeness (QED) is 0.318. The fourth-order valence-corrected chi connectivity index (χ4v) is 4.67. The topological polar surface area (TPSA) is 175 Å². The van der Waals surface area contributed by atoms with E-state index in [1.165, 1.54) is 17.8 Å². The lowest BCUT2D eigenvalue weighted by atomic mass is 9.81. The van der Waals surface area contributed by atoms with E-state index in [9.17, 15) is 19.8 Å². The number of esters is 1. The summed E-state index contributed by atoms with van der Waals surface area (Å²) in [6.07, 6.45) is 0.983. The van der Waals surface area contributed by atoms with E-state index in [0.717, 1.165) is 25.7 Å². The summed E-state index contributed by atoms with van der Waals surface area (Å²) >= 11 is 0. The van der Waals surface area contributed by atoms with Gasteiger partial charge < -0.3 is 30.7 Å². The van der Waals surface area contributed by atoms with Crippen LogP contribution >= 0.6 is 0 Å². The van der Waals surface area contributed by atoms with E-state index in [1.54, 1.807) is 6.92 Å². The molecule has 1 saturated carbocycles.